The van der Waals surface area contributed by atoms with E-state index in [1.807, 2.05) is 0 Å². The third kappa shape index (κ3) is 3.28. The summed E-state index contributed by atoms with van der Waals surface area (Å²) < 4.78 is 0. The van der Waals surface area contributed by atoms with Crippen molar-refractivity contribution < 1.29 is 15.0 Å². The Labute approximate surface area is 92.3 Å². The zero-order chi connectivity index (χ0) is 11.3. The summed E-state index contributed by atoms with van der Waals surface area (Å²) in [5.74, 6) is 4.43. The van der Waals surface area contributed by atoms with Crippen molar-refractivity contribution in [1.29, 1.82) is 0 Å². The number of hydrogen-bond acceptors (Lipinski definition) is 2. The monoisotopic (exact) mass is 224 g/mol. The van der Waals surface area contributed by atoms with Crippen molar-refractivity contribution in [1.82, 2.24) is 0 Å². The van der Waals surface area contributed by atoms with Gasteiger partial charge < -0.3 is 10.2 Å². The summed E-state index contributed by atoms with van der Waals surface area (Å²) in [7, 11) is 0. The van der Waals surface area contributed by atoms with Crippen LogP contribution in [0.15, 0.2) is 18.2 Å². The molecule has 15 heavy (non-hydrogen) atoms. The van der Waals surface area contributed by atoms with E-state index in [0.717, 1.165) is 0 Å². The normalized spacial score (nSPS) is 9.20. The summed E-state index contributed by atoms with van der Waals surface area (Å²) in [5, 5.41) is 17.5. The molecule has 1 rings (SSSR count). The van der Waals surface area contributed by atoms with Crippen LogP contribution in [0.2, 0.25) is 5.02 Å². The summed E-state index contributed by atoms with van der Waals surface area (Å²) in [6.07, 6.45) is 0.372. The molecule has 0 aliphatic carbocycles. The van der Waals surface area contributed by atoms with E-state index in [0.29, 0.717) is 17.0 Å². The van der Waals surface area contributed by atoms with Crippen molar-refractivity contribution in [3.8, 4) is 11.8 Å². The zero-order valence-electron chi connectivity index (χ0n) is 7.83. The Morgan fingerprint density at radius 2 is 2.20 bits per heavy atom. The van der Waals surface area contributed by atoms with Crippen LogP contribution in [0.1, 0.15) is 22.3 Å². The van der Waals surface area contributed by atoms with Gasteiger partial charge in [0.05, 0.1) is 17.2 Å². The van der Waals surface area contributed by atoms with Crippen molar-refractivity contribution in [2.24, 2.45) is 0 Å². The maximum Gasteiger partial charge on any atom is 0.335 e. The lowest BCUT2D eigenvalue weighted by atomic mass is 10.1. The van der Waals surface area contributed by atoms with Crippen LogP contribution >= 0.6 is 11.6 Å². The van der Waals surface area contributed by atoms with Crippen LogP contribution in [-0.4, -0.2) is 22.8 Å². The minimum atomic E-state index is -1.02. The standard InChI is InChI=1S/C11H9ClO3/c12-10-7-9(11(14)15)5-4-8(10)3-1-2-6-13/h4-5,7,13H,2,6H2,(H,14,15). The Kier molecular flexibility index (Phi) is 4.17. The fourth-order valence-electron chi connectivity index (χ4n) is 0.963. The van der Waals surface area contributed by atoms with Crippen LogP contribution in [0, 0.1) is 11.8 Å². The van der Waals surface area contributed by atoms with E-state index in [9.17, 15) is 4.79 Å². The fourth-order valence-corrected chi connectivity index (χ4v) is 1.19. The van der Waals surface area contributed by atoms with Gasteiger partial charge in [0, 0.05) is 12.0 Å². The van der Waals surface area contributed by atoms with Gasteiger partial charge in [-0.2, -0.15) is 0 Å². The molecule has 4 heteroatoms. The third-order valence-corrected chi connectivity index (χ3v) is 1.99. The second-order valence-electron chi connectivity index (χ2n) is 2.78. The predicted octanol–water partition coefficient (Wildman–Crippen LogP) is 1.77. The van der Waals surface area contributed by atoms with E-state index in [2.05, 4.69) is 11.8 Å². The molecule has 78 valence electrons. The average molecular weight is 225 g/mol. The Bertz CT molecular complexity index is 429. The minimum Gasteiger partial charge on any atom is -0.478 e. The molecule has 0 aliphatic rings. The van der Waals surface area contributed by atoms with Crippen LogP contribution in [0.25, 0.3) is 0 Å². The Balaban J connectivity index is 2.95. The first-order chi connectivity index (χ1) is 7.15. The number of aliphatic hydroxyl groups is 1. The van der Waals surface area contributed by atoms with Crippen molar-refractivity contribution in [3.05, 3.63) is 34.3 Å². The molecular formula is C11H9ClO3. The Morgan fingerprint density at radius 1 is 1.47 bits per heavy atom. The molecule has 0 bridgehead atoms. The topological polar surface area (TPSA) is 57.5 Å². The Hall–Kier alpha value is -1.50. The molecule has 0 fully saturated rings. The summed E-state index contributed by atoms with van der Waals surface area (Å²) in [4.78, 5) is 10.6. The predicted molar refractivity (Wildman–Crippen MR) is 57.0 cm³/mol. The van der Waals surface area contributed by atoms with Gasteiger partial charge in [-0.05, 0) is 18.2 Å². The maximum atomic E-state index is 10.6. The van der Waals surface area contributed by atoms with Gasteiger partial charge >= 0.3 is 5.97 Å². The molecule has 0 unspecified atom stereocenters. The summed E-state index contributed by atoms with van der Waals surface area (Å²) >= 11 is 5.82. The quantitative estimate of drug-likeness (QED) is 0.753. The molecule has 3 nitrogen and oxygen atoms in total. The molecule has 0 aromatic heterocycles. The fraction of sp³-hybridized carbons (Fsp3) is 0.182. The maximum absolute atomic E-state index is 10.6. The average Bonchev–Trinajstić information content (AvgIpc) is 2.20. The SMILES string of the molecule is O=C(O)c1ccc(C#CCCO)c(Cl)c1. The molecule has 0 saturated carbocycles. The van der Waals surface area contributed by atoms with Crippen molar-refractivity contribution in [2.45, 2.75) is 6.42 Å². The van der Waals surface area contributed by atoms with Gasteiger partial charge in [0.25, 0.3) is 0 Å². The number of hydrogen-bond donors (Lipinski definition) is 2. The number of aliphatic hydroxyl groups excluding tert-OH is 1. The number of halogens is 1. The van der Waals surface area contributed by atoms with Gasteiger partial charge in [0.15, 0.2) is 0 Å². The van der Waals surface area contributed by atoms with Gasteiger partial charge in [0.2, 0.25) is 0 Å². The van der Waals surface area contributed by atoms with E-state index >= 15 is 0 Å². The lowest BCUT2D eigenvalue weighted by Crippen LogP contribution is -1.96. The van der Waals surface area contributed by atoms with Gasteiger partial charge in [0.1, 0.15) is 0 Å². The highest BCUT2D eigenvalue weighted by Gasteiger charge is 2.04. The minimum absolute atomic E-state index is 0.00215. The molecule has 0 atom stereocenters. The van der Waals surface area contributed by atoms with E-state index in [1.165, 1.54) is 12.1 Å². The molecule has 0 amide bonds. The van der Waals surface area contributed by atoms with Gasteiger partial charge in [-0.25, -0.2) is 4.79 Å². The highest BCUT2D eigenvalue weighted by Crippen LogP contribution is 2.16. The van der Waals surface area contributed by atoms with E-state index in [-0.39, 0.29) is 12.2 Å². The van der Waals surface area contributed by atoms with Crippen LogP contribution in [0.4, 0.5) is 0 Å². The number of benzene rings is 1. The van der Waals surface area contributed by atoms with Gasteiger partial charge in [-0.1, -0.05) is 23.4 Å². The van der Waals surface area contributed by atoms with Crippen molar-refractivity contribution >= 4 is 17.6 Å². The highest BCUT2D eigenvalue weighted by molar-refractivity contribution is 6.32. The highest BCUT2D eigenvalue weighted by atomic mass is 35.5. The van der Waals surface area contributed by atoms with Crippen LogP contribution < -0.4 is 0 Å². The lowest BCUT2D eigenvalue weighted by molar-refractivity contribution is 0.0697. The molecular weight excluding hydrogens is 216 g/mol. The van der Waals surface area contributed by atoms with Crippen LogP contribution in [0.5, 0.6) is 0 Å². The molecule has 0 heterocycles. The molecule has 2 N–H and O–H groups in total. The molecule has 0 aliphatic heterocycles. The van der Waals surface area contributed by atoms with Crippen LogP contribution in [0.3, 0.4) is 0 Å². The lowest BCUT2D eigenvalue weighted by Gasteiger charge is -1.97. The first-order valence-corrected chi connectivity index (χ1v) is 4.65. The molecule has 0 radical (unpaired) electrons. The van der Waals surface area contributed by atoms with E-state index < -0.39 is 5.97 Å². The number of carboxylic acid groups (broad SMARTS) is 1. The Morgan fingerprint density at radius 3 is 2.73 bits per heavy atom. The number of carbonyl (C=O) groups is 1. The largest absolute Gasteiger partial charge is 0.478 e. The van der Waals surface area contributed by atoms with Crippen LogP contribution in [-0.2, 0) is 0 Å². The van der Waals surface area contributed by atoms with Crippen molar-refractivity contribution in [3.63, 3.8) is 0 Å². The molecule has 1 aromatic rings. The second kappa shape index (κ2) is 5.40. The van der Waals surface area contributed by atoms with Crippen molar-refractivity contribution in [2.75, 3.05) is 6.61 Å². The van der Waals surface area contributed by atoms with E-state index in [1.54, 1.807) is 6.07 Å². The first kappa shape index (κ1) is 11.6. The zero-order valence-corrected chi connectivity index (χ0v) is 8.58. The molecule has 0 spiro atoms. The second-order valence-corrected chi connectivity index (χ2v) is 3.18. The van der Waals surface area contributed by atoms with Gasteiger partial charge in [-0.3, -0.25) is 0 Å². The number of aromatic carboxylic acids is 1. The first-order valence-electron chi connectivity index (χ1n) is 4.27. The number of carboxylic acids is 1. The van der Waals surface area contributed by atoms with E-state index in [4.69, 9.17) is 21.8 Å². The van der Waals surface area contributed by atoms with Gasteiger partial charge in [-0.15, -0.1) is 0 Å². The smallest absolute Gasteiger partial charge is 0.335 e. The summed E-state index contributed by atoms with van der Waals surface area (Å²) in [5.41, 5.74) is 0.697. The molecule has 1 aromatic carbocycles. The summed E-state index contributed by atoms with van der Waals surface area (Å²) in [6.45, 7) is -0.00215. The summed E-state index contributed by atoms with van der Waals surface area (Å²) in [6, 6.07) is 4.35. The number of rotatable bonds is 2. The third-order valence-electron chi connectivity index (χ3n) is 1.68. The molecule has 0 saturated heterocycles.